The SMILES string of the molecule is CSCCC(NC(=O)c1ccc(CC(Cc2cc(F)cc(F)c2)C(=O)OC(C)(C)C)cc1-c1ccccc1C)C(=O)O.[LiH]. The molecule has 0 aliphatic carbocycles. The molecule has 6 nitrogen and oxygen atoms in total. The van der Waals surface area contributed by atoms with Gasteiger partial charge >= 0.3 is 30.8 Å². The number of nitrogens with one attached hydrogen (secondary N) is 1. The molecule has 2 N–H and O–H groups in total. The number of ether oxygens (including phenoxy) is 1. The van der Waals surface area contributed by atoms with Gasteiger partial charge in [-0.2, -0.15) is 11.8 Å². The van der Waals surface area contributed by atoms with Crippen molar-refractivity contribution in [1.29, 1.82) is 0 Å². The van der Waals surface area contributed by atoms with Crippen LogP contribution in [0.1, 0.15) is 54.2 Å². The summed E-state index contributed by atoms with van der Waals surface area (Å²) in [6.07, 6.45) is 2.36. The number of aryl methyl sites for hydroxylation is 1. The zero-order chi connectivity index (χ0) is 31.0. The van der Waals surface area contributed by atoms with E-state index in [1.807, 2.05) is 37.4 Å². The molecule has 2 atom stereocenters. The number of carboxylic acids is 1. The molecule has 0 aromatic heterocycles. The summed E-state index contributed by atoms with van der Waals surface area (Å²) in [4.78, 5) is 38.5. The van der Waals surface area contributed by atoms with Crippen LogP contribution in [0.2, 0.25) is 0 Å². The fourth-order valence-electron chi connectivity index (χ4n) is 4.67. The molecule has 2 unspecified atom stereocenters. The zero-order valence-electron chi connectivity index (χ0n) is 24.5. The first kappa shape index (κ1) is 36.1. The molecule has 3 rings (SSSR count). The van der Waals surface area contributed by atoms with Crippen LogP contribution in [0, 0.1) is 24.5 Å². The molecule has 43 heavy (non-hydrogen) atoms. The summed E-state index contributed by atoms with van der Waals surface area (Å²) in [5.74, 6) is -3.80. The minimum absolute atomic E-state index is 0. The molecule has 1 amide bonds. The molecule has 0 spiro atoms. The number of carboxylic acid groups (broad SMARTS) is 1. The van der Waals surface area contributed by atoms with E-state index in [0.29, 0.717) is 28.0 Å². The summed E-state index contributed by atoms with van der Waals surface area (Å²) in [5.41, 5.74) is 2.81. The van der Waals surface area contributed by atoms with E-state index in [-0.39, 0.29) is 38.1 Å². The Morgan fingerprint density at radius 2 is 1.56 bits per heavy atom. The zero-order valence-corrected chi connectivity index (χ0v) is 25.3. The van der Waals surface area contributed by atoms with Gasteiger partial charge in [0.1, 0.15) is 23.3 Å². The Morgan fingerprint density at radius 3 is 2.14 bits per heavy atom. The molecule has 3 aromatic carbocycles. The van der Waals surface area contributed by atoms with Gasteiger partial charge in [-0.15, -0.1) is 0 Å². The van der Waals surface area contributed by atoms with Gasteiger partial charge in [0, 0.05) is 11.6 Å². The van der Waals surface area contributed by atoms with Gasteiger partial charge in [0.15, 0.2) is 0 Å². The van der Waals surface area contributed by atoms with Crippen molar-refractivity contribution in [1.82, 2.24) is 5.32 Å². The van der Waals surface area contributed by atoms with E-state index in [0.717, 1.165) is 17.2 Å². The van der Waals surface area contributed by atoms with E-state index in [2.05, 4.69) is 5.32 Å². The monoisotopic (exact) mass is 605 g/mol. The van der Waals surface area contributed by atoms with Crippen LogP contribution in [0.25, 0.3) is 11.1 Å². The summed E-state index contributed by atoms with van der Waals surface area (Å²) < 4.78 is 33.6. The third-order valence-corrected chi connectivity index (χ3v) is 7.25. The number of thioether (sulfide) groups is 1. The molecule has 0 aliphatic heterocycles. The molecule has 0 aliphatic rings. The number of carbonyl (C=O) groups is 3. The van der Waals surface area contributed by atoms with E-state index in [1.165, 1.54) is 23.9 Å². The predicted molar refractivity (Wildman–Crippen MR) is 169 cm³/mol. The van der Waals surface area contributed by atoms with E-state index >= 15 is 0 Å². The molecule has 0 saturated heterocycles. The number of esters is 1. The molecule has 10 heteroatoms. The van der Waals surface area contributed by atoms with Crippen LogP contribution >= 0.6 is 11.8 Å². The number of aliphatic carboxylic acids is 1. The van der Waals surface area contributed by atoms with Crippen LogP contribution in [0.5, 0.6) is 0 Å². The topological polar surface area (TPSA) is 92.7 Å². The van der Waals surface area contributed by atoms with Crippen LogP contribution in [0.15, 0.2) is 60.7 Å². The molecular weight excluding hydrogens is 567 g/mol. The normalized spacial score (nSPS) is 12.5. The number of hydrogen-bond donors (Lipinski definition) is 2. The first-order valence-corrected chi connectivity index (χ1v) is 15.1. The van der Waals surface area contributed by atoms with Crippen molar-refractivity contribution in [3.05, 3.63) is 94.6 Å². The number of halogens is 2. The minimum atomic E-state index is -1.11. The van der Waals surface area contributed by atoms with Crippen molar-refractivity contribution in [3.8, 4) is 11.1 Å². The number of rotatable bonds is 12. The maximum atomic E-state index is 14.0. The van der Waals surface area contributed by atoms with Crippen LogP contribution in [-0.2, 0) is 27.2 Å². The van der Waals surface area contributed by atoms with Gasteiger partial charge in [-0.25, -0.2) is 13.6 Å². The van der Waals surface area contributed by atoms with Crippen LogP contribution < -0.4 is 5.32 Å². The van der Waals surface area contributed by atoms with E-state index in [4.69, 9.17) is 4.74 Å². The average Bonchev–Trinajstić information content (AvgIpc) is 2.89. The Balaban J connectivity index is 0.00000645. The number of carbonyl (C=O) groups excluding carboxylic acids is 2. The Kier molecular flexibility index (Phi) is 13.5. The van der Waals surface area contributed by atoms with E-state index < -0.39 is 47.0 Å². The van der Waals surface area contributed by atoms with Gasteiger partial charge in [-0.1, -0.05) is 36.4 Å². The summed E-state index contributed by atoms with van der Waals surface area (Å²) in [5, 5.41) is 12.3. The standard InChI is InChI=1S/C33H37F2NO5S.Li.H/c1-20-8-6-7-9-26(20)28-18-21(10-11-27(28)30(37)36-29(31(38)39)12-13-42-5)14-23(32(40)41-33(2,3)4)15-22-16-24(34)19-25(35)17-22;;/h6-11,16-19,23,29H,12-15H2,1-5H3,(H,36,37)(H,38,39);;. The first-order valence-electron chi connectivity index (χ1n) is 13.7. The van der Waals surface area contributed by atoms with Crippen molar-refractivity contribution < 1.29 is 33.0 Å². The van der Waals surface area contributed by atoms with Crippen molar-refractivity contribution in [2.24, 2.45) is 5.92 Å². The average molecular weight is 606 g/mol. The Bertz CT molecular complexity index is 1420. The molecule has 0 saturated carbocycles. The second-order valence-corrected chi connectivity index (χ2v) is 12.2. The van der Waals surface area contributed by atoms with Crippen molar-refractivity contribution in [2.75, 3.05) is 12.0 Å². The van der Waals surface area contributed by atoms with Crippen molar-refractivity contribution in [3.63, 3.8) is 0 Å². The van der Waals surface area contributed by atoms with Crippen LogP contribution in [0.3, 0.4) is 0 Å². The molecule has 0 bridgehead atoms. The number of hydrogen-bond acceptors (Lipinski definition) is 5. The second kappa shape index (κ2) is 16.1. The van der Waals surface area contributed by atoms with Gasteiger partial charge in [0.05, 0.1) is 5.92 Å². The molecule has 0 fully saturated rings. The number of benzene rings is 3. The quantitative estimate of drug-likeness (QED) is 0.195. The van der Waals surface area contributed by atoms with E-state index in [9.17, 15) is 28.3 Å². The molecule has 3 aromatic rings. The third-order valence-electron chi connectivity index (χ3n) is 6.60. The van der Waals surface area contributed by atoms with Gasteiger partial charge in [0.25, 0.3) is 5.91 Å². The van der Waals surface area contributed by atoms with Crippen molar-refractivity contribution >= 4 is 48.5 Å². The predicted octanol–water partition coefficient (Wildman–Crippen LogP) is 5.97. The molecule has 0 radical (unpaired) electrons. The van der Waals surface area contributed by atoms with Crippen molar-refractivity contribution in [2.45, 2.75) is 58.6 Å². The van der Waals surface area contributed by atoms with Gasteiger partial charge in [0.2, 0.25) is 0 Å². The fourth-order valence-corrected chi connectivity index (χ4v) is 5.14. The van der Waals surface area contributed by atoms with Gasteiger partial charge in [-0.05, 0) is 105 Å². The summed E-state index contributed by atoms with van der Waals surface area (Å²) in [6, 6.07) is 14.8. The third kappa shape index (κ3) is 10.8. The van der Waals surface area contributed by atoms with Crippen LogP contribution in [-0.4, -0.2) is 65.5 Å². The molecule has 226 valence electrons. The van der Waals surface area contributed by atoms with Gasteiger partial charge in [-0.3, -0.25) is 9.59 Å². The Hall–Kier alpha value is -3.12. The first-order chi connectivity index (χ1) is 19.8. The summed E-state index contributed by atoms with van der Waals surface area (Å²) >= 11 is 1.49. The fraction of sp³-hybridized carbons (Fsp3) is 0.364. The van der Waals surface area contributed by atoms with E-state index in [1.54, 1.807) is 39.0 Å². The Labute approximate surface area is 268 Å². The van der Waals surface area contributed by atoms with Crippen LogP contribution in [0.4, 0.5) is 8.78 Å². The van der Waals surface area contributed by atoms with Gasteiger partial charge < -0.3 is 15.2 Å². The summed E-state index contributed by atoms with van der Waals surface area (Å²) in [6.45, 7) is 7.15. The Morgan fingerprint density at radius 1 is 0.930 bits per heavy atom. The maximum absolute atomic E-state index is 14.0. The molecular formula is C33H38F2LiNO5S. The molecule has 0 heterocycles. The summed E-state index contributed by atoms with van der Waals surface area (Å²) in [7, 11) is 0. The second-order valence-electron chi connectivity index (χ2n) is 11.3. The number of amides is 1.